The lowest BCUT2D eigenvalue weighted by molar-refractivity contribution is -0.384. The van der Waals surface area contributed by atoms with Crippen molar-refractivity contribution in [2.24, 2.45) is 0 Å². The Balaban J connectivity index is 1.52. The minimum absolute atomic E-state index is 0.00791. The van der Waals surface area contributed by atoms with Crippen LogP contribution in [0.15, 0.2) is 88.9 Å². The molecule has 0 spiro atoms. The molecule has 0 radical (unpaired) electrons. The van der Waals surface area contributed by atoms with Crippen molar-refractivity contribution in [3.63, 3.8) is 0 Å². The van der Waals surface area contributed by atoms with Gasteiger partial charge in [0.05, 0.1) is 49.7 Å². The number of H-pyrrole nitrogens is 1. The number of aromatic amines is 1. The van der Waals surface area contributed by atoms with Crippen molar-refractivity contribution < 1.29 is 4.92 Å². The van der Waals surface area contributed by atoms with E-state index in [2.05, 4.69) is 9.97 Å². The van der Waals surface area contributed by atoms with Crippen LogP contribution in [0.1, 0.15) is 5.82 Å². The zero-order chi connectivity index (χ0) is 23.7. The molecule has 0 atom stereocenters. The number of nitro groups is 1. The summed E-state index contributed by atoms with van der Waals surface area (Å²) in [6, 6.07) is 20.7. The van der Waals surface area contributed by atoms with Crippen molar-refractivity contribution in [3.8, 4) is 16.9 Å². The number of halogens is 1. The molecule has 0 aliphatic carbocycles. The molecule has 3 aromatic carbocycles. The topological polar surface area (TPSA) is 107 Å². The standard InChI is InChI=1S/C24H16ClN5O3S/c25-17-9-3-6-12-21(17)29-22(27-18-10-4-1-8-16(18)23(29)31)14-34-24-26-13-19(28-24)15-7-2-5-11-20(15)30(32)33/h1-13H,14H2,(H,26,28). The predicted molar refractivity (Wildman–Crippen MR) is 133 cm³/mol. The molecule has 1 N–H and O–H groups in total. The number of aromatic nitrogens is 4. The summed E-state index contributed by atoms with van der Waals surface area (Å²) in [5.74, 6) is 0.820. The van der Waals surface area contributed by atoms with Crippen LogP contribution in [0.2, 0.25) is 5.02 Å². The molecule has 34 heavy (non-hydrogen) atoms. The normalized spacial score (nSPS) is 11.1. The smallest absolute Gasteiger partial charge is 0.278 e. The summed E-state index contributed by atoms with van der Waals surface area (Å²) < 4.78 is 1.52. The van der Waals surface area contributed by atoms with Gasteiger partial charge in [0.1, 0.15) is 5.82 Å². The van der Waals surface area contributed by atoms with Gasteiger partial charge in [-0.1, -0.05) is 59.8 Å². The van der Waals surface area contributed by atoms with Gasteiger partial charge < -0.3 is 4.98 Å². The molecule has 0 fully saturated rings. The van der Waals surface area contributed by atoms with Crippen LogP contribution in [0.5, 0.6) is 0 Å². The third-order valence-corrected chi connectivity index (χ3v) is 6.42. The Morgan fingerprint density at radius 3 is 2.59 bits per heavy atom. The first-order valence-corrected chi connectivity index (χ1v) is 11.6. The largest absolute Gasteiger partial charge is 0.333 e. The number of hydrogen-bond acceptors (Lipinski definition) is 6. The minimum atomic E-state index is -0.426. The highest BCUT2D eigenvalue weighted by atomic mass is 35.5. The van der Waals surface area contributed by atoms with Crippen LogP contribution < -0.4 is 5.56 Å². The zero-order valence-electron chi connectivity index (χ0n) is 17.5. The molecule has 168 valence electrons. The molecule has 0 saturated carbocycles. The number of imidazole rings is 1. The van der Waals surface area contributed by atoms with Gasteiger partial charge in [0.25, 0.3) is 11.2 Å². The Bertz CT molecular complexity index is 1600. The van der Waals surface area contributed by atoms with Crippen molar-refractivity contribution in [1.29, 1.82) is 0 Å². The van der Waals surface area contributed by atoms with Gasteiger partial charge in [-0.25, -0.2) is 9.97 Å². The Morgan fingerprint density at radius 1 is 1.03 bits per heavy atom. The molecule has 5 rings (SSSR count). The number of hydrogen-bond donors (Lipinski definition) is 1. The molecule has 0 aliphatic rings. The van der Waals surface area contributed by atoms with E-state index in [1.807, 2.05) is 12.1 Å². The zero-order valence-corrected chi connectivity index (χ0v) is 19.1. The van der Waals surface area contributed by atoms with Gasteiger partial charge in [0.2, 0.25) is 0 Å². The molecule has 5 aromatic rings. The van der Waals surface area contributed by atoms with E-state index in [1.54, 1.807) is 60.8 Å². The maximum Gasteiger partial charge on any atom is 0.278 e. The average molecular weight is 490 g/mol. The van der Waals surface area contributed by atoms with E-state index in [1.165, 1.54) is 22.4 Å². The first kappa shape index (κ1) is 21.9. The van der Waals surface area contributed by atoms with E-state index in [0.717, 1.165) is 0 Å². The summed E-state index contributed by atoms with van der Waals surface area (Å²) >= 11 is 7.75. The van der Waals surface area contributed by atoms with Gasteiger partial charge in [-0.2, -0.15) is 0 Å². The van der Waals surface area contributed by atoms with Crippen molar-refractivity contribution in [2.45, 2.75) is 10.9 Å². The molecule has 0 saturated heterocycles. The highest BCUT2D eigenvalue weighted by molar-refractivity contribution is 7.98. The Kier molecular flexibility index (Phi) is 5.87. The second-order valence-corrected chi connectivity index (χ2v) is 8.67. The lowest BCUT2D eigenvalue weighted by Gasteiger charge is -2.14. The maximum atomic E-state index is 13.4. The van der Waals surface area contributed by atoms with E-state index in [9.17, 15) is 14.9 Å². The third-order valence-electron chi connectivity index (χ3n) is 5.22. The maximum absolute atomic E-state index is 13.4. The van der Waals surface area contributed by atoms with Gasteiger partial charge in [-0.15, -0.1) is 0 Å². The molecule has 0 amide bonds. The summed E-state index contributed by atoms with van der Waals surface area (Å²) in [6.45, 7) is 0. The lowest BCUT2D eigenvalue weighted by atomic mass is 10.1. The number of rotatable bonds is 6. The molecular formula is C24H16ClN5O3S. The van der Waals surface area contributed by atoms with E-state index >= 15 is 0 Å². The van der Waals surface area contributed by atoms with Crippen LogP contribution in [0.4, 0.5) is 5.69 Å². The molecular weight excluding hydrogens is 474 g/mol. The number of nitrogens with zero attached hydrogens (tertiary/aromatic N) is 4. The Labute approximate surface area is 202 Å². The van der Waals surface area contributed by atoms with Crippen molar-refractivity contribution in [2.75, 3.05) is 0 Å². The van der Waals surface area contributed by atoms with Gasteiger partial charge >= 0.3 is 0 Å². The van der Waals surface area contributed by atoms with Crippen LogP contribution >= 0.6 is 23.4 Å². The van der Waals surface area contributed by atoms with Crippen molar-refractivity contribution in [3.05, 3.63) is 110 Å². The quantitative estimate of drug-likeness (QED) is 0.188. The molecule has 10 heteroatoms. The van der Waals surface area contributed by atoms with Crippen molar-refractivity contribution >= 4 is 40.0 Å². The molecule has 0 unspecified atom stereocenters. The molecule has 0 aliphatic heterocycles. The highest BCUT2D eigenvalue weighted by Gasteiger charge is 2.18. The Morgan fingerprint density at radius 2 is 1.76 bits per heavy atom. The van der Waals surface area contributed by atoms with Crippen LogP contribution in [-0.4, -0.2) is 24.4 Å². The molecule has 2 aromatic heterocycles. The van der Waals surface area contributed by atoms with Gasteiger partial charge in [-0.3, -0.25) is 19.5 Å². The number of nitrogens with one attached hydrogen (secondary N) is 1. The van der Waals surface area contributed by atoms with Gasteiger partial charge in [-0.05, 0) is 30.3 Å². The summed E-state index contributed by atoms with van der Waals surface area (Å²) in [4.78, 5) is 36.5. The van der Waals surface area contributed by atoms with E-state index < -0.39 is 4.92 Å². The highest BCUT2D eigenvalue weighted by Crippen LogP contribution is 2.30. The number of para-hydroxylation sites is 3. The minimum Gasteiger partial charge on any atom is -0.333 e. The number of benzene rings is 3. The van der Waals surface area contributed by atoms with Crippen LogP contribution in [-0.2, 0) is 5.75 Å². The van der Waals surface area contributed by atoms with Crippen LogP contribution in [0, 0.1) is 10.1 Å². The average Bonchev–Trinajstić information content (AvgIpc) is 3.32. The molecule has 0 bridgehead atoms. The third kappa shape index (κ3) is 4.07. The van der Waals surface area contributed by atoms with Crippen molar-refractivity contribution in [1.82, 2.24) is 19.5 Å². The van der Waals surface area contributed by atoms with Gasteiger partial charge in [0.15, 0.2) is 5.16 Å². The molecule has 8 nitrogen and oxygen atoms in total. The predicted octanol–water partition coefficient (Wildman–Crippen LogP) is 5.63. The summed E-state index contributed by atoms with van der Waals surface area (Å²) in [7, 11) is 0. The first-order valence-electron chi connectivity index (χ1n) is 10.2. The SMILES string of the molecule is O=c1c2ccccc2nc(CSc2ncc(-c3ccccc3[N+](=O)[O-])[nH]2)n1-c1ccccc1Cl. The van der Waals surface area contributed by atoms with Crippen LogP contribution in [0.3, 0.4) is 0 Å². The fourth-order valence-corrected chi connectivity index (χ4v) is 4.65. The summed E-state index contributed by atoms with van der Waals surface area (Å²) in [5.41, 5.74) is 1.89. The number of thioether (sulfide) groups is 1. The molecule has 2 heterocycles. The second-order valence-electron chi connectivity index (χ2n) is 7.30. The summed E-state index contributed by atoms with van der Waals surface area (Å²) in [6.07, 6.45) is 1.56. The first-order chi connectivity index (χ1) is 16.5. The summed E-state index contributed by atoms with van der Waals surface area (Å²) in [5, 5.41) is 12.8. The Hall–Kier alpha value is -3.95. The van der Waals surface area contributed by atoms with Gasteiger partial charge in [0, 0.05) is 6.07 Å². The fourth-order valence-electron chi connectivity index (χ4n) is 3.66. The van der Waals surface area contributed by atoms with E-state index in [4.69, 9.17) is 16.6 Å². The van der Waals surface area contributed by atoms with E-state index in [0.29, 0.717) is 49.6 Å². The van der Waals surface area contributed by atoms with E-state index in [-0.39, 0.29) is 11.2 Å². The monoisotopic (exact) mass is 489 g/mol. The number of fused-ring (bicyclic) bond motifs is 1. The fraction of sp³-hybridized carbons (Fsp3) is 0.0417. The van der Waals surface area contributed by atoms with Crippen LogP contribution in [0.25, 0.3) is 27.8 Å². The lowest BCUT2D eigenvalue weighted by Crippen LogP contribution is -2.23. The number of nitro benzene ring substituents is 1. The second kappa shape index (κ2) is 9.12.